The third kappa shape index (κ3) is 5.62. The Morgan fingerprint density at radius 3 is 2.63 bits per heavy atom. The highest BCUT2D eigenvalue weighted by Gasteiger charge is 2.12. The number of non-ortho nitro benzene ring substituents is 1. The Morgan fingerprint density at radius 2 is 2.05 bits per heavy atom. The van der Waals surface area contributed by atoms with Gasteiger partial charge in [0.15, 0.2) is 0 Å². The van der Waals surface area contributed by atoms with Gasteiger partial charge in [0.05, 0.1) is 29.8 Å². The molecule has 1 aromatic rings. The summed E-state index contributed by atoms with van der Waals surface area (Å²) >= 11 is 0. The van der Waals surface area contributed by atoms with E-state index in [2.05, 4.69) is 0 Å². The molecule has 0 aliphatic rings. The Kier molecular flexibility index (Phi) is 5.65. The Hall–Kier alpha value is -1.73. The fourth-order valence-electron chi connectivity index (χ4n) is 1.28. The van der Waals surface area contributed by atoms with E-state index < -0.39 is 22.5 Å². The van der Waals surface area contributed by atoms with E-state index in [1.165, 1.54) is 0 Å². The standard InChI is InChI=1S/C12H16FNO5/c1-8(2)18-6-11(15)7-19-12-4-9(13)3-10(5-12)14(16)17/h3-5,8,11,15H,6-7H2,1-2H3. The van der Waals surface area contributed by atoms with Crippen LogP contribution in [-0.4, -0.2) is 35.5 Å². The summed E-state index contributed by atoms with van der Waals surface area (Å²) in [6.07, 6.45) is -0.908. The van der Waals surface area contributed by atoms with Crippen LogP contribution in [0.3, 0.4) is 0 Å². The van der Waals surface area contributed by atoms with Gasteiger partial charge in [-0.05, 0) is 13.8 Å². The lowest BCUT2D eigenvalue weighted by Gasteiger charge is -2.14. The molecule has 0 amide bonds. The van der Waals surface area contributed by atoms with Crippen molar-refractivity contribution in [2.45, 2.75) is 26.1 Å². The fourth-order valence-corrected chi connectivity index (χ4v) is 1.28. The zero-order chi connectivity index (χ0) is 14.4. The van der Waals surface area contributed by atoms with Gasteiger partial charge < -0.3 is 14.6 Å². The number of nitro groups is 1. The van der Waals surface area contributed by atoms with Gasteiger partial charge in [-0.3, -0.25) is 10.1 Å². The summed E-state index contributed by atoms with van der Waals surface area (Å²) in [4.78, 5) is 9.82. The number of aliphatic hydroxyl groups is 1. The van der Waals surface area contributed by atoms with Crippen LogP contribution in [0.5, 0.6) is 5.75 Å². The Labute approximate surface area is 109 Å². The highest BCUT2D eigenvalue weighted by Crippen LogP contribution is 2.21. The minimum absolute atomic E-state index is 0.00435. The van der Waals surface area contributed by atoms with Crippen LogP contribution in [0.2, 0.25) is 0 Å². The minimum atomic E-state index is -0.885. The summed E-state index contributed by atoms with van der Waals surface area (Å²) < 4.78 is 23.4. The number of hydrogen-bond donors (Lipinski definition) is 1. The van der Waals surface area contributed by atoms with Gasteiger partial charge in [0.2, 0.25) is 0 Å². The second-order valence-corrected chi connectivity index (χ2v) is 4.25. The molecule has 0 saturated carbocycles. The van der Waals surface area contributed by atoms with Crippen LogP contribution in [0.15, 0.2) is 18.2 Å². The Morgan fingerprint density at radius 1 is 1.37 bits per heavy atom. The molecule has 0 bridgehead atoms. The number of nitro benzene ring substituents is 1. The molecule has 7 heteroatoms. The first-order valence-electron chi connectivity index (χ1n) is 5.76. The Balaban J connectivity index is 2.55. The average molecular weight is 273 g/mol. The second-order valence-electron chi connectivity index (χ2n) is 4.25. The third-order valence-corrected chi connectivity index (χ3v) is 2.13. The number of halogens is 1. The van der Waals surface area contributed by atoms with Crippen LogP contribution >= 0.6 is 0 Å². The molecule has 6 nitrogen and oxygen atoms in total. The second kappa shape index (κ2) is 7.01. The smallest absolute Gasteiger partial charge is 0.276 e. The van der Waals surface area contributed by atoms with Crippen LogP contribution < -0.4 is 4.74 Å². The molecule has 0 aliphatic carbocycles. The number of aliphatic hydroxyl groups excluding tert-OH is 1. The topological polar surface area (TPSA) is 81.8 Å². The van der Waals surface area contributed by atoms with Crippen LogP contribution in [0.4, 0.5) is 10.1 Å². The molecular weight excluding hydrogens is 257 g/mol. The molecule has 106 valence electrons. The predicted molar refractivity (Wildman–Crippen MR) is 65.6 cm³/mol. The number of nitrogens with zero attached hydrogens (tertiary/aromatic N) is 1. The van der Waals surface area contributed by atoms with E-state index in [0.29, 0.717) is 0 Å². The molecule has 1 rings (SSSR count). The van der Waals surface area contributed by atoms with E-state index >= 15 is 0 Å². The molecule has 1 aromatic carbocycles. The summed E-state index contributed by atoms with van der Waals surface area (Å²) in [7, 11) is 0. The monoisotopic (exact) mass is 273 g/mol. The normalized spacial score (nSPS) is 12.5. The molecule has 0 heterocycles. The lowest BCUT2D eigenvalue weighted by molar-refractivity contribution is -0.385. The minimum Gasteiger partial charge on any atom is -0.490 e. The van der Waals surface area contributed by atoms with E-state index in [9.17, 15) is 19.6 Å². The number of hydrogen-bond acceptors (Lipinski definition) is 5. The summed E-state index contributed by atoms with van der Waals surface area (Å²) in [5.74, 6) is -0.771. The lowest BCUT2D eigenvalue weighted by atomic mass is 10.3. The molecule has 1 unspecified atom stereocenters. The highest BCUT2D eigenvalue weighted by molar-refractivity contribution is 5.38. The van der Waals surface area contributed by atoms with Gasteiger partial charge in [0.25, 0.3) is 5.69 Å². The van der Waals surface area contributed by atoms with Crippen molar-refractivity contribution in [3.8, 4) is 5.75 Å². The van der Waals surface area contributed by atoms with Crippen molar-refractivity contribution in [3.63, 3.8) is 0 Å². The zero-order valence-corrected chi connectivity index (χ0v) is 10.7. The first-order chi connectivity index (χ1) is 8.88. The van der Waals surface area contributed by atoms with Crippen LogP contribution in [-0.2, 0) is 4.74 Å². The van der Waals surface area contributed by atoms with E-state index in [1.54, 1.807) is 0 Å². The van der Waals surface area contributed by atoms with Crippen LogP contribution in [0.1, 0.15) is 13.8 Å². The van der Waals surface area contributed by atoms with Crippen LogP contribution in [0.25, 0.3) is 0 Å². The number of ether oxygens (including phenoxy) is 2. The summed E-state index contributed by atoms with van der Waals surface area (Å²) in [5, 5.41) is 20.1. The van der Waals surface area contributed by atoms with Crippen molar-refractivity contribution >= 4 is 5.69 Å². The largest absolute Gasteiger partial charge is 0.490 e. The van der Waals surface area contributed by atoms with E-state index in [-0.39, 0.29) is 25.1 Å². The number of rotatable bonds is 7. The van der Waals surface area contributed by atoms with Crippen LogP contribution in [0, 0.1) is 15.9 Å². The average Bonchev–Trinajstić information content (AvgIpc) is 2.33. The quantitative estimate of drug-likeness (QED) is 0.606. The van der Waals surface area contributed by atoms with Gasteiger partial charge in [-0.1, -0.05) is 0 Å². The van der Waals surface area contributed by atoms with Crippen molar-refractivity contribution < 1.29 is 23.9 Å². The molecule has 19 heavy (non-hydrogen) atoms. The maximum atomic E-state index is 13.1. The molecule has 0 fully saturated rings. The maximum absolute atomic E-state index is 13.1. The SMILES string of the molecule is CC(C)OCC(O)COc1cc(F)cc([N+](=O)[O-])c1. The molecule has 0 aromatic heterocycles. The van der Waals surface area contributed by atoms with Crippen molar-refractivity contribution in [1.29, 1.82) is 0 Å². The van der Waals surface area contributed by atoms with E-state index in [1.807, 2.05) is 13.8 Å². The van der Waals surface area contributed by atoms with Crippen molar-refractivity contribution in [1.82, 2.24) is 0 Å². The summed E-state index contributed by atoms with van der Waals surface area (Å²) in [6, 6.07) is 2.91. The molecule has 1 atom stereocenters. The van der Waals surface area contributed by atoms with E-state index in [4.69, 9.17) is 9.47 Å². The molecule has 0 radical (unpaired) electrons. The Bertz CT molecular complexity index is 438. The molecule has 0 spiro atoms. The predicted octanol–water partition coefficient (Wildman–Crippen LogP) is 1.90. The molecule has 0 saturated heterocycles. The van der Waals surface area contributed by atoms with Gasteiger partial charge in [-0.25, -0.2) is 4.39 Å². The fraction of sp³-hybridized carbons (Fsp3) is 0.500. The number of benzene rings is 1. The lowest BCUT2D eigenvalue weighted by Crippen LogP contribution is -2.25. The van der Waals surface area contributed by atoms with E-state index in [0.717, 1.165) is 18.2 Å². The summed E-state index contributed by atoms with van der Waals surface area (Å²) in [6.45, 7) is 3.59. The van der Waals surface area contributed by atoms with Gasteiger partial charge in [-0.2, -0.15) is 0 Å². The van der Waals surface area contributed by atoms with Gasteiger partial charge in [-0.15, -0.1) is 0 Å². The molecule has 0 aliphatic heterocycles. The van der Waals surface area contributed by atoms with Gasteiger partial charge >= 0.3 is 0 Å². The first kappa shape index (κ1) is 15.3. The van der Waals surface area contributed by atoms with Crippen molar-refractivity contribution in [2.24, 2.45) is 0 Å². The zero-order valence-electron chi connectivity index (χ0n) is 10.7. The first-order valence-corrected chi connectivity index (χ1v) is 5.76. The van der Waals surface area contributed by atoms with Gasteiger partial charge in [0, 0.05) is 6.07 Å². The van der Waals surface area contributed by atoms with Gasteiger partial charge in [0.1, 0.15) is 24.3 Å². The third-order valence-electron chi connectivity index (χ3n) is 2.13. The highest BCUT2D eigenvalue weighted by atomic mass is 19.1. The molecular formula is C12H16FNO5. The van der Waals surface area contributed by atoms with Crippen molar-refractivity contribution in [3.05, 3.63) is 34.1 Å². The summed E-state index contributed by atoms with van der Waals surface area (Å²) in [5.41, 5.74) is -0.400. The maximum Gasteiger partial charge on any atom is 0.276 e. The molecule has 1 N–H and O–H groups in total. The van der Waals surface area contributed by atoms with Crippen molar-refractivity contribution in [2.75, 3.05) is 13.2 Å².